The molecule has 2 rings (SSSR count). The van der Waals surface area contributed by atoms with Gasteiger partial charge in [-0.2, -0.15) is 0 Å². The van der Waals surface area contributed by atoms with E-state index in [-0.39, 0.29) is 11.5 Å². The lowest BCUT2D eigenvalue weighted by molar-refractivity contribution is 0.0697. The van der Waals surface area contributed by atoms with Crippen molar-refractivity contribution in [3.8, 4) is 10.4 Å². The molecule has 0 aliphatic rings. The van der Waals surface area contributed by atoms with Crippen molar-refractivity contribution in [1.82, 2.24) is 4.98 Å². The van der Waals surface area contributed by atoms with Crippen LogP contribution in [0.4, 0.5) is 0 Å². The molecule has 0 aliphatic heterocycles. The molecular weight excluding hydrogens is 272 g/mol. The Hall–Kier alpha value is -2.01. The summed E-state index contributed by atoms with van der Waals surface area (Å²) < 4.78 is 0. The number of benzene rings is 1. The highest BCUT2D eigenvalue weighted by Crippen LogP contribution is 2.31. The maximum atomic E-state index is 10.8. The molecule has 1 unspecified atom stereocenters. The molecule has 4 nitrogen and oxygen atoms in total. The average Bonchev–Trinajstić information content (AvgIpc) is 2.87. The Morgan fingerprint density at radius 1 is 1.40 bits per heavy atom. The van der Waals surface area contributed by atoms with Gasteiger partial charge in [0.15, 0.2) is 0 Å². The quantitative estimate of drug-likeness (QED) is 0.815. The van der Waals surface area contributed by atoms with Crippen molar-refractivity contribution in [2.45, 2.75) is 26.2 Å². The molecule has 2 aromatic rings. The van der Waals surface area contributed by atoms with Crippen LogP contribution >= 0.6 is 11.3 Å². The Bertz CT molecular complexity index is 632. The molecule has 0 radical (unpaired) electrons. The van der Waals surface area contributed by atoms with Gasteiger partial charge in [-0.3, -0.25) is 0 Å². The van der Waals surface area contributed by atoms with E-state index >= 15 is 0 Å². The van der Waals surface area contributed by atoms with Crippen molar-refractivity contribution in [3.63, 3.8) is 0 Å². The topological polar surface area (TPSA) is 74.0 Å². The zero-order valence-corrected chi connectivity index (χ0v) is 12.2. The number of thiazole rings is 1. The maximum Gasteiger partial charge on any atom is 0.335 e. The first-order valence-electron chi connectivity index (χ1n) is 6.31. The summed E-state index contributed by atoms with van der Waals surface area (Å²) in [6.07, 6.45) is 2.52. The van der Waals surface area contributed by atoms with Crippen LogP contribution in [0.2, 0.25) is 0 Å². The maximum absolute atomic E-state index is 10.8. The number of nitrogens with zero attached hydrogens (tertiary/aromatic N) is 1. The molecule has 0 amide bonds. The minimum Gasteiger partial charge on any atom is -0.478 e. The highest BCUT2D eigenvalue weighted by molar-refractivity contribution is 7.15. The molecule has 0 bridgehead atoms. The Kier molecular flexibility index (Phi) is 4.29. The van der Waals surface area contributed by atoms with Crippen molar-refractivity contribution in [2.24, 2.45) is 0 Å². The number of rotatable bonds is 5. The van der Waals surface area contributed by atoms with Gasteiger partial charge in [-0.25, -0.2) is 9.78 Å². The van der Waals surface area contributed by atoms with Crippen molar-refractivity contribution in [1.29, 1.82) is 5.41 Å². The van der Waals surface area contributed by atoms with Crippen molar-refractivity contribution >= 4 is 23.0 Å². The largest absolute Gasteiger partial charge is 0.478 e. The number of carboxylic acids is 1. The number of aromatic carboxylic acids is 1. The third kappa shape index (κ3) is 3.30. The van der Waals surface area contributed by atoms with Crippen LogP contribution in [0, 0.1) is 5.41 Å². The molecule has 2 N–H and O–H groups in total. The highest BCUT2D eigenvalue weighted by atomic mass is 32.1. The Morgan fingerprint density at radius 3 is 2.60 bits per heavy atom. The van der Waals surface area contributed by atoms with Crippen molar-refractivity contribution < 1.29 is 9.90 Å². The Morgan fingerprint density at radius 2 is 2.05 bits per heavy atom. The fourth-order valence-corrected chi connectivity index (χ4v) is 2.95. The summed E-state index contributed by atoms with van der Waals surface area (Å²) in [5, 5.41) is 17.4. The minimum absolute atomic E-state index is 0.240. The van der Waals surface area contributed by atoms with Crippen LogP contribution in [0.3, 0.4) is 0 Å². The van der Waals surface area contributed by atoms with E-state index in [4.69, 9.17) is 10.5 Å². The first kappa shape index (κ1) is 14.4. The smallest absolute Gasteiger partial charge is 0.335 e. The van der Waals surface area contributed by atoms with Gasteiger partial charge in [-0.05, 0) is 31.0 Å². The third-order valence-electron chi connectivity index (χ3n) is 2.97. The molecule has 1 aromatic heterocycles. The molecule has 1 aromatic carbocycles. The second-order valence-electron chi connectivity index (χ2n) is 4.83. The molecule has 0 spiro atoms. The van der Waals surface area contributed by atoms with Crippen LogP contribution in [0.5, 0.6) is 0 Å². The Balaban J connectivity index is 2.20. The van der Waals surface area contributed by atoms with E-state index in [1.54, 1.807) is 42.5 Å². The van der Waals surface area contributed by atoms with Gasteiger partial charge < -0.3 is 10.5 Å². The molecular formula is C15H16N2O2S. The fraction of sp³-hybridized carbons (Fsp3) is 0.267. The van der Waals surface area contributed by atoms with Gasteiger partial charge in [0.2, 0.25) is 0 Å². The normalized spacial score (nSPS) is 12.1. The lowest BCUT2D eigenvalue weighted by atomic mass is 10.1. The molecule has 20 heavy (non-hydrogen) atoms. The standard InChI is InChI=1S/C15H16N2O2S/c1-9(7-10(2)16)14-17-8-13(20-14)11-3-5-12(6-4-11)15(18)19/h3-6,8-9,16H,7H2,1-2H3,(H,18,19). The van der Waals surface area contributed by atoms with E-state index in [9.17, 15) is 4.79 Å². The first-order valence-corrected chi connectivity index (χ1v) is 7.12. The van der Waals surface area contributed by atoms with Gasteiger partial charge >= 0.3 is 5.97 Å². The van der Waals surface area contributed by atoms with Crippen LogP contribution < -0.4 is 0 Å². The van der Waals surface area contributed by atoms with E-state index in [1.165, 1.54) is 0 Å². The van der Waals surface area contributed by atoms with Crippen LogP contribution in [-0.4, -0.2) is 21.8 Å². The first-order chi connectivity index (χ1) is 9.47. The second-order valence-corrected chi connectivity index (χ2v) is 5.89. The summed E-state index contributed by atoms with van der Waals surface area (Å²) in [4.78, 5) is 16.2. The van der Waals surface area contributed by atoms with Gasteiger partial charge in [0.05, 0.1) is 15.4 Å². The van der Waals surface area contributed by atoms with Crippen LogP contribution in [0.15, 0.2) is 30.5 Å². The molecule has 104 valence electrons. The van der Waals surface area contributed by atoms with Gasteiger partial charge in [0.1, 0.15) is 0 Å². The lowest BCUT2D eigenvalue weighted by Crippen LogP contribution is -1.98. The minimum atomic E-state index is -0.920. The summed E-state index contributed by atoms with van der Waals surface area (Å²) in [6.45, 7) is 3.86. The average molecular weight is 288 g/mol. The molecule has 0 saturated carbocycles. The summed E-state index contributed by atoms with van der Waals surface area (Å²) in [5.41, 5.74) is 1.91. The summed E-state index contributed by atoms with van der Waals surface area (Å²) in [5.74, 6) is -0.679. The van der Waals surface area contributed by atoms with Gasteiger partial charge in [-0.15, -0.1) is 11.3 Å². The third-order valence-corrected chi connectivity index (χ3v) is 4.25. The Labute approximate surface area is 121 Å². The monoisotopic (exact) mass is 288 g/mol. The molecule has 0 saturated heterocycles. The predicted octanol–water partition coefficient (Wildman–Crippen LogP) is 4.04. The number of nitrogens with one attached hydrogen (secondary N) is 1. The zero-order valence-electron chi connectivity index (χ0n) is 11.4. The lowest BCUT2D eigenvalue weighted by Gasteiger charge is -2.05. The molecule has 5 heteroatoms. The fourth-order valence-electron chi connectivity index (χ4n) is 1.97. The molecule has 1 heterocycles. The summed E-state index contributed by atoms with van der Waals surface area (Å²) >= 11 is 1.60. The number of hydrogen-bond acceptors (Lipinski definition) is 4. The van der Waals surface area contributed by atoms with Crippen LogP contribution in [0.25, 0.3) is 10.4 Å². The number of hydrogen-bond donors (Lipinski definition) is 2. The molecule has 1 atom stereocenters. The number of carboxylic acid groups (broad SMARTS) is 1. The molecule has 0 fully saturated rings. The predicted molar refractivity (Wildman–Crippen MR) is 80.9 cm³/mol. The van der Waals surface area contributed by atoms with Crippen LogP contribution in [-0.2, 0) is 0 Å². The molecule has 0 aliphatic carbocycles. The zero-order chi connectivity index (χ0) is 14.7. The summed E-state index contributed by atoms with van der Waals surface area (Å²) in [7, 11) is 0. The van der Waals surface area contributed by atoms with E-state index < -0.39 is 5.97 Å². The van der Waals surface area contributed by atoms with E-state index in [1.807, 2.05) is 6.20 Å². The van der Waals surface area contributed by atoms with Crippen molar-refractivity contribution in [3.05, 3.63) is 41.0 Å². The van der Waals surface area contributed by atoms with E-state index in [0.717, 1.165) is 15.4 Å². The highest BCUT2D eigenvalue weighted by Gasteiger charge is 2.12. The number of carbonyl (C=O) groups is 1. The summed E-state index contributed by atoms with van der Waals surface area (Å²) in [6, 6.07) is 6.80. The van der Waals surface area contributed by atoms with Crippen LogP contribution in [0.1, 0.15) is 41.6 Å². The van der Waals surface area contributed by atoms with Gasteiger partial charge in [0, 0.05) is 17.8 Å². The second kappa shape index (κ2) is 5.96. The van der Waals surface area contributed by atoms with Crippen molar-refractivity contribution in [2.75, 3.05) is 0 Å². The van der Waals surface area contributed by atoms with Gasteiger partial charge in [0.25, 0.3) is 0 Å². The number of aromatic nitrogens is 1. The van der Waals surface area contributed by atoms with E-state index in [2.05, 4.69) is 11.9 Å². The van der Waals surface area contributed by atoms with E-state index in [0.29, 0.717) is 12.1 Å². The van der Waals surface area contributed by atoms with Gasteiger partial charge in [-0.1, -0.05) is 19.1 Å². The SMILES string of the molecule is CC(=N)CC(C)c1ncc(-c2ccc(C(=O)O)cc2)s1.